The van der Waals surface area contributed by atoms with Crippen LogP contribution in [-0.4, -0.2) is 18.5 Å². The molecule has 4 nitrogen and oxygen atoms in total. The Bertz CT molecular complexity index is 830. The lowest BCUT2D eigenvalue weighted by molar-refractivity contribution is -0.124. The Morgan fingerprint density at radius 3 is 2.56 bits per heavy atom. The van der Waals surface area contributed by atoms with Crippen molar-refractivity contribution >= 4 is 34.6 Å². The molecule has 25 heavy (non-hydrogen) atoms. The fourth-order valence-corrected chi connectivity index (χ4v) is 3.65. The first-order valence-electron chi connectivity index (χ1n) is 7.41. The summed E-state index contributed by atoms with van der Waals surface area (Å²) in [4.78, 5) is 24.9. The number of thiophene rings is 2. The lowest BCUT2D eigenvalue weighted by Gasteiger charge is -2.18. The second-order valence-corrected chi connectivity index (χ2v) is 6.91. The quantitative estimate of drug-likeness (QED) is 0.662. The molecule has 1 aromatic carbocycles. The number of carbonyl (C=O) groups is 2. The van der Waals surface area contributed by atoms with Gasteiger partial charge in [-0.3, -0.25) is 4.79 Å². The van der Waals surface area contributed by atoms with E-state index >= 15 is 0 Å². The number of nitrogens with one attached hydrogen (secondary N) is 1. The van der Waals surface area contributed by atoms with E-state index in [1.165, 1.54) is 34.8 Å². The second-order valence-electron chi connectivity index (χ2n) is 5.16. The van der Waals surface area contributed by atoms with Crippen LogP contribution in [0.25, 0.3) is 0 Å². The van der Waals surface area contributed by atoms with E-state index in [9.17, 15) is 14.0 Å². The number of amides is 1. The Morgan fingerprint density at radius 1 is 1.12 bits per heavy atom. The molecule has 3 aromatic rings. The smallest absolute Gasteiger partial charge is 0.339 e. The molecular weight excluding hydrogens is 361 g/mol. The topological polar surface area (TPSA) is 55.4 Å². The Morgan fingerprint density at radius 2 is 1.92 bits per heavy atom. The van der Waals surface area contributed by atoms with Gasteiger partial charge in [0.05, 0.1) is 11.6 Å². The summed E-state index contributed by atoms with van der Waals surface area (Å²) in [7, 11) is 0. The molecule has 0 spiro atoms. The van der Waals surface area contributed by atoms with Gasteiger partial charge in [0.25, 0.3) is 5.91 Å². The van der Waals surface area contributed by atoms with E-state index in [0.717, 1.165) is 10.4 Å². The van der Waals surface area contributed by atoms with Crippen LogP contribution in [0.4, 0.5) is 4.39 Å². The van der Waals surface area contributed by atoms with Gasteiger partial charge >= 0.3 is 5.97 Å². The molecule has 0 unspecified atom stereocenters. The van der Waals surface area contributed by atoms with Crippen molar-refractivity contribution in [1.29, 1.82) is 0 Å². The number of halogens is 1. The van der Waals surface area contributed by atoms with E-state index in [2.05, 4.69) is 5.32 Å². The number of hydrogen-bond acceptors (Lipinski definition) is 5. The molecule has 2 heterocycles. The maximum absolute atomic E-state index is 13.2. The average molecular weight is 375 g/mol. The van der Waals surface area contributed by atoms with Crippen molar-refractivity contribution in [2.24, 2.45) is 0 Å². The summed E-state index contributed by atoms with van der Waals surface area (Å²) in [6.45, 7) is -0.377. The van der Waals surface area contributed by atoms with Crippen molar-refractivity contribution in [3.8, 4) is 0 Å². The van der Waals surface area contributed by atoms with Gasteiger partial charge in [-0.15, -0.1) is 11.3 Å². The van der Waals surface area contributed by atoms with Crippen molar-refractivity contribution < 1.29 is 18.7 Å². The molecule has 0 saturated heterocycles. The van der Waals surface area contributed by atoms with E-state index in [1.54, 1.807) is 29.0 Å². The highest BCUT2D eigenvalue weighted by Gasteiger charge is 2.19. The predicted octanol–water partition coefficient (Wildman–Crippen LogP) is 4.01. The molecule has 7 heteroatoms. The fraction of sp³-hybridized carbons (Fsp3) is 0.111. The van der Waals surface area contributed by atoms with Gasteiger partial charge in [-0.2, -0.15) is 11.3 Å². The first-order valence-corrected chi connectivity index (χ1v) is 9.23. The summed E-state index contributed by atoms with van der Waals surface area (Å²) in [6, 6.07) is 10.9. The Kier molecular flexibility index (Phi) is 5.57. The van der Waals surface area contributed by atoms with Gasteiger partial charge in [0.2, 0.25) is 0 Å². The highest BCUT2D eigenvalue weighted by molar-refractivity contribution is 7.10. The van der Waals surface area contributed by atoms with Crippen LogP contribution in [-0.2, 0) is 9.53 Å². The third kappa shape index (κ3) is 4.52. The predicted molar refractivity (Wildman–Crippen MR) is 95.3 cm³/mol. The maximum atomic E-state index is 13.2. The average Bonchev–Trinajstić information content (AvgIpc) is 3.31. The first kappa shape index (κ1) is 17.3. The van der Waals surface area contributed by atoms with Gasteiger partial charge in [0.1, 0.15) is 5.82 Å². The molecule has 0 aliphatic rings. The molecule has 0 aliphatic heterocycles. The number of rotatable bonds is 6. The minimum atomic E-state index is -0.536. The van der Waals surface area contributed by atoms with E-state index in [-0.39, 0.29) is 12.4 Å². The minimum absolute atomic E-state index is 0.343. The van der Waals surface area contributed by atoms with Crippen molar-refractivity contribution in [2.45, 2.75) is 6.04 Å². The van der Waals surface area contributed by atoms with E-state index in [0.29, 0.717) is 5.56 Å². The summed E-state index contributed by atoms with van der Waals surface area (Å²) in [6.07, 6.45) is 0. The van der Waals surface area contributed by atoms with Crippen molar-refractivity contribution in [3.63, 3.8) is 0 Å². The Balaban J connectivity index is 1.67. The van der Waals surface area contributed by atoms with Gasteiger partial charge in [-0.25, -0.2) is 9.18 Å². The third-order valence-corrected chi connectivity index (χ3v) is 5.05. The SMILES string of the molecule is O=C(COC(=O)c1ccsc1)N[C@H](c1ccc(F)cc1)c1cccs1. The number of esters is 1. The number of benzene rings is 1. The highest BCUT2D eigenvalue weighted by atomic mass is 32.1. The van der Waals surface area contributed by atoms with Crippen LogP contribution in [0.5, 0.6) is 0 Å². The van der Waals surface area contributed by atoms with E-state index in [1.807, 2.05) is 17.5 Å². The van der Waals surface area contributed by atoms with Gasteiger partial charge in [-0.05, 0) is 40.6 Å². The molecule has 3 rings (SSSR count). The van der Waals surface area contributed by atoms with Crippen molar-refractivity contribution in [3.05, 3.63) is 80.4 Å². The molecule has 2 aromatic heterocycles. The van der Waals surface area contributed by atoms with Crippen LogP contribution in [0, 0.1) is 5.82 Å². The molecule has 0 aliphatic carbocycles. The van der Waals surface area contributed by atoms with Crippen LogP contribution in [0.1, 0.15) is 26.8 Å². The summed E-state index contributed by atoms with van der Waals surface area (Å²) >= 11 is 2.86. The Hall–Kier alpha value is -2.51. The summed E-state index contributed by atoms with van der Waals surface area (Å²) in [5, 5.41) is 8.15. The fourth-order valence-electron chi connectivity index (χ4n) is 2.23. The van der Waals surface area contributed by atoms with Crippen molar-refractivity contribution in [2.75, 3.05) is 6.61 Å². The molecule has 0 radical (unpaired) electrons. The minimum Gasteiger partial charge on any atom is -0.452 e. The Labute approximate surface area is 151 Å². The van der Waals surface area contributed by atoms with Crippen LogP contribution >= 0.6 is 22.7 Å². The first-order chi connectivity index (χ1) is 12.1. The van der Waals surface area contributed by atoms with Gasteiger partial charge in [0, 0.05) is 10.3 Å². The van der Waals surface area contributed by atoms with Crippen LogP contribution < -0.4 is 5.32 Å². The lowest BCUT2D eigenvalue weighted by atomic mass is 10.1. The summed E-state index contributed by atoms with van der Waals surface area (Å²) < 4.78 is 18.2. The van der Waals surface area contributed by atoms with E-state index in [4.69, 9.17) is 4.74 Å². The monoisotopic (exact) mass is 375 g/mol. The molecular formula is C18H14FNO3S2. The molecule has 0 bridgehead atoms. The van der Waals surface area contributed by atoms with Gasteiger partial charge in [0.15, 0.2) is 6.61 Å². The molecule has 0 fully saturated rings. The van der Waals surface area contributed by atoms with Crippen LogP contribution in [0.3, 0.4) is 0 Å². The molecule has 1 N–H and O–H groups in total. The number of ether oxygens (including phenoxy) is 1. The molecule has 1 amide bonds. The van der Waals surface area contributed by atoms with Crippen LogP contribution in [0.15, 0.2) is 58.6 Å². The normalized spacial score (nSPS) is 11.7. The zero-order valence-electron chi connectivity index (χ0n) is 13.0. The van der Waals surface area contributed by atoms with Gasteiger partial charge in [-0.1, -0.05) is 18.2 Å². The zero-order chi connectivity index (χ0) is 17.6. The van der Waals surface area contributed by atoms with Crippen molar-refractivity contribution in [1.82, 2.24) is 5.32 Å². The summed E-state index contributed by atoms with van der Waals surface area (Å²) in [5.41, 5.74) is 1.17. The second kappa shape index (κ2) is 8.04. The number of hydrogen-bond donors (Lipinski definition) is 1. The highest BCUT2D eigenvalue weighted by Crippen LogP contribution is 2.26. The molecule has 1 atom stereocenters. The molecule has 128 valence electrons. The molecule has 0 saturated carbocycles. The zero-order valence-corrected chi connectivity index (χ0v) is 14.6. The van der Waals surface area contributed by atoms with Gasteiger partial charge < -0.3 is 10.1 Å². The maximum Gasteiger partial charge on any atom is 0.339 e. The van der Waals surface area contributed by atoms with E-state index < -0.39 is 17.9 Å². The standard InChI is InChI=1S/C18H14FNO3S2/c19-14-5-3-12(4-6-14)17(15-2-1-8-25-15)20-16(21)10-23-18(22)13-7-9-24-11-13/h1-9,11,17H,10H2,(H,20,21)/t17-/m1/s1. The number of carbonyl (C=O) groups excluding carboxylic acids is 2. The lowest BCUT2D eigenvalue weighted by Crippen LogP contribution is -2.32. The largest absolute Gasteiger partial charge is 0.452 e. The summed E-state index contributed by atoms with van der Waals surface area (Å²) in [5.74, 6) is -1.30. The van der Waals surface area contributed by atoms with Crippen LogP contribution in [0.2, 0.25) is 0 Å². The third-order valence-electron chi connectivity index (χ3n) is 3.43.